The average Bonchev–Trinajstić information content (AvgIpc) is 3.11. The molecule has 0 atom stereocenters. The maximum absolute atomic E-state index is 11.5. The zero-order valence-electron chi connectivity index (χ0n) is 11.4. The molecular formula is C14H23NO4. The van der Waals surface area contributed by atoms with Crippen molar-refractivity contribution in [2.24, 2.45) is 0 Å². The normalized spacial score (nSPS) is 26.7. The van der Waals surface area contributed by atoms with E-state index < -0.39 is 0 Å². The molecule has 0 aromatic rings. The summed E-state index contributed by atoms with van der Waals surface area (Å²) in [5.41, 5.74) is 0. The Morgan fingerprint density at radius 3 is 2.47 bits per heavy atom. The van der Waals surface area contributed by atoms with Crippen LogP contribution in [0.15, 0.2) is 0 Å². The second-order valence-electron chi connectivity index (χ2n) is 5.77. The molecule has 1 amide bonds. The van der Waals surface area contributed by atoms with Gasteiger partial charge in [0.2, 0.25) is 5.91 Å². The van der Waals surface area contributed by atoms with Crippen molar-refractivity contribution in [2.75, 3.05) is 19.8 Å². The van der Waals surface area contributed by atoms with Gasteiger partial charge in [-0.1, -0.05) is 0 Å². The molecule has 0 radical (unpaired) electrons. The topological polar surface area (TPSA) is 56.8 Å². The maximum Gasteiger partial charge on any atom is 0.222 e. The molecule has 0 aromatic heterocycles. The molecule has 0 bridgehead atoms. The van der Waals surface area contributed by atoms with Crippen LogP contribution < -0.4 is 5.32 Å². The summed E-state index contributed by atoms with van der Waals surface area (Å²) in [6.07, 6.45) is 6.75. The molecule has 1 saturated heterocycles. The number of ether oxygens (including phenoxy) is 3. The molecule has 0 unspecified atom stereocenters. The maximum atomic E-state index is 11.5. The molecule has 1 N–H and O–H groups in total. The van der Waals surface area contributed by atoms with Gasteiger partial charge in [0.25, 0.3) is 0 Å². The van der Waals surface area contributed by atoms with Crippen LogP contribution in [0.1, 0.15) is 44.9 Å². The molecular weight excluding hydrogens is 246 g/mol. The smallest absolute Gasteiger partial charge is 0.222 e. The number of rotatable bonds is 5. The summed E-state index contributed by atoms with van der Waals surface area (Å²) in [7, 11) is 0. The van der Waals surface area contributed by atoms with E-state index in [-0.39, 0.29) is 17.8 Å². The minimum absolute atomic E-state index is 0.122. The van der Waals surface area contributed by atoms with Crippen molar-refractivity contribution in [3.05, 3.63) is 0 Å². The molecule has 3 rings (SSSR count). The van der Waals surface area contributed by atoms with Gasteiger partial charge in [-0.15, -0.1) is 0 Å². The van der Waals surface area contributed by atoms with Gasteiger partial charge in [0, 0.05) is 25.3 Å². The van der Waals surface area contributed by atoms with Crippen molar-refractivity contribution in [1.29, 1.82) is 0 Å². The lowest BCUT2D eigenvalue weighted by Crippen LogP contribution is -2.38. The fourth-order valence-electron chi connectivity index (χ4n) is 2.83. The van der Waals surface area contributed by atoms with E-state index in [2.05, 4.69) is 5.32 Å². The third kappa shape index (κ3) is 3.68. The van der Waals surface area contributed by atoms with Crippen LogP contribution in [0.3, 0.4) is 0 Å². The van der Waals surface area contributed by atoms with E-state index in [1.54, 1.807) is 0 Å². The molecule has 108 valence electrons. The van der Waals surface area contributed by atoms with Gasteiger partial charge >= 0.3 is 0 Å². The highest BCUT2D eigenvalue weighted by molar-refractivity contribution is 5.76. The lowest BCUT2D eigenvalue weighted by Gasteiger charge is -2.35. The zero-order valence-corrected chi connectivity index (χ0v) is 11.4. The minimum Gasteiger partial charge on any atom is -0.378 e. The van der Waals surface area contributed by atoms with E-state index >= 15 is 0 Å². The van der Waals surface area contributed by atoms with Gasteiger partial charge in [-0.05, 0) is 25.7 Å². The first-order chi connectivity index (χ1) is 9.26. The second-order valence-corrected chi connectivity index (χ2v) is 5.77. The molecule has 1 aliphatic heterocycles. The van der Waals surface area contributed by atoms with Gasteiger partial charge in [-0.3, -0.25) is 4.79 Å². The van der Waals surface area contributed by atoms with Crippen molar-refractivity contribution in [3.63, 3.8) is 0 Å². The van der Waals surface area contributed by atoms with Gasteiger partial charge in [-0.2, -0.15) is 0 Å². The van der Waals surface area contributed by atoms with Crippen LogP contribution in [0.4, 0.5) is 0 Å². The SMILES string of the molecule is O=C(CCOC1CCC2(CC1)OCCO2)NC1CC1. The summed E-state index contributed by atoms with van der Waals surface area (Å²) < 4.78 is 17.1. The van der Waals surface area contributed by atoms with Gasteiger partial charge < -0.3 is 19.5 Å². The first-order valence-electron chi connectivity index (χ1n) is 7.45. The van der Waals surface area contributed by atoms with Crippen LogP contribution in [0, 0.1) is 0 Å². The molecule has 3 fully saturated rings. The standard InChI is InChI=1S/C14H23NO4/c16-13(15-11-1-2-11)5-8-17-12-3-6-14(7-4-12)18-9-10-19-14/h11-12H,1-10H2,(H,15,16). The Balaban J connectivity index is 1.30. The van der Waals surface area contributed by atoms with E-state index in [4.69, 9.17) is 14.2 Å². The van der Waals surface area contributed by atoms with Gasteiger partial charge in [0.1, 0.15) is 0 Å². The fourth-order valence-corrected chi connectivity index (χ4v) is 2.83. The van der Waals surface area contributed by atoms with Crippen LogP contribution in [-0.4, -0.2) is 43.7 Å². The summed E-state index contributed by atoms with van der Waals surface area (Å²) in [5.74, 6) is -0.194. The molecule has 5 nitrogen and oxygen atoms in total. The summed E-state index contributed by atoms with van der Waals surface area (Å²) in [4.78, 5) is 11.5. The lowest BCUT2D eigenvalue weighted by atomic mass is 9.92. The number of carbonyl (C=O) groups is 1. The molecule has 2 saturated carbocycles. The van der Waals surface area contributed by atoms with Gasteiger partial charge in [0.05, 0.1) is 25.9 Å². The van der Waals surface area contributed by atoms with Crippen molar-refractivity contribution in [2.45, 2.75) is 62.9 Å². The van der Waals surface area contributed by atoms with Crippen LogP contribution in [-0.2, 0) is 19.0 Å². The summed E-state index contributed by atoms with van der Waals surface area (Å²) in [5, 5.41) is 2.97. The van der Waals surface area contributed by atoms with Crippen LogP contribution in [0.5, 0.6) is 0 Å². The van der Waals surface area contributed by atoms with Crippen LogP contribution in [0.25, 0.3) is 0 Å². The molecule has 1 heterocycles. The largest absolute Gasteiger partial charge is 0.378 e. The van der Waals surface area contributed by atoms with Crippen molar-refractivity contribution in [3.8, 4) is 0 Å². The van der Waals surface area contributed by atoms with E-state index in [0.717, 1.165) is 38.5 Å². The predicted octanol–water partition coefficient (Wildman–Crippen LogP) is 1.36. The Kier molecular flexibility index (Phi) is 4.05. The Morgan fingerprint density at radius 2 is 1.84 bits per heavy atom. The Hall–Kier alpha value is -0.650. The van der Waals surface area contributed by atoms with E-state index in [0.29, 0.717) is 32.3 Å². The average molecular weight is 269 g/mol. The Morgan fingerprint density at radius 1 is 1.16 bits per heavy atom. The minimum atomic E-state index is -0.316. The van der Waals surface area contributed by atoms with Crippen molar-refractivity contribution < 1.29 is 19.0 Å². The molecule has 1 spiro atoms. The van der Waals surface area contributed by atoms with E-state index in [1.807, 2.05) is 0 Å². The first kappa shape index (κ1) is 13.3. The summed E-state index contributed by atoms with van der Waals surface area (Å²) >= 11 is 0. The lowest BCUT2D eigenvalue weighted by molar-refractivity contribution is -0.191. The monoisotopic (exact) mass is 269 g/mol. The Bertz CT molecular complexity index is 313. The fraction of sp³-hybridized carbons (Fsp3) is 0.929. The molecule has 5 heteroatoms. The summed E-state index contributed by atoms with van der Waals surface area (Å²) in [6, 6.07) is 0.443. The highest BCUT2D eigenvalue weighted by Crippen LogP contribution is 2.36. The summed E-state index contributed by atoms with van der Waals surface area (Å²) in [6.45, 7) is 1.96. The highest BCUT2D eigenvalue weighted by Gasteiger charge is 2.40. The number of amides is 1. The van der Waals surface area contributed by atoms with Crippen LogP contribution >= 0.6 is 0 Å². The third-order valence-electron chi connectivity index (χ3n) is 4.13. The van der Waals surface area contributed by atoms with Crippen LogP contribution in [0.2, 0.25) is 0 Å². The third-order valence-corrected chi connectivity index (χ3v) is 4.13. The molecule has 19 heavy (non-hydrogen) atoms. The van der Waals surface area contributed by atoms with Gasteiger partial charge in [-0.25, -0.2) is 0 Å². The van der Waals surface area contributed by atoms with Crippen molar-refractivity contribution >= 4 is 5.91 Å². The highest BCUT2D eigenvalue weighted by atomic mass is 16.7. The number of hydrogen-bond acceptors (Lipinski definition) is 4. The van der Waals surface area contributed by atoms with Gasteiger partial charge in [0.15, 0.2) is 5.79 Å². The zero-order chi connectivity index (χ0) is 13.1. The number of hydrogen-bond donors (Lipinski definition) is 1. The van der Waals surface area contributed by atoms with E-state index in [9.17, 15) is 4.79 Å². The predicted molar refractivity (Wildman–Crippen MR) is 68.6 cm³/mol. The number of nitrogens with one attached hydrogen (secondary N) is 1. The quantitative estimate of drug-likeness (QED) is 0.818. The van der Waals surface area contributed by atoms with Crippen molar-refractivity contribution in [1.82, 2.24) is 5.32 Å². The Labute approximate surface area is 114 Å². The second kappa shape index (κ2) is 5.77. The molecule has 2 aliphatic carbocycles. The van der Waals surface area contributed by atoms with E-state index in [1.165, 1.54) is 0 Å². The molecule has 0 aromatic carbocycles. The first-order valence-corrected chi connectivity index (χ1v) is 7.45. The number of carbonyl (C=O) groups excluding carboxylic acids is 1. The molecule has 3 aliphatic rings.